The van der Waals surface area contributed by atoms with Crippen LogP contribution in [0.2, 0.25) is 0 Å². The summed E-state index contributed by atoms with van der Waals surface area (Å²) in [6.45, 7) is 0. The van der Waals surface area contributed by atoms with Gasteiger partial charge in [0.05, 0.1) is 5.69 Å². The third-order valence-corrected chi connectivity index (χ3v) is 11.0. The van der Waals surface area contributed by atoms with Crippen molar-refractivity contribution in [2.24, 2.45) is 0 Å². The predicted octanol–water partition coefficient (Wildman–Crippen LogP) is 14.9. The molecule has 1 heterocycles. The molecule has 56 heavy (non-hydrogen) atoms. The van der Waals surface area contributed by atoms with Crippen LogP contribution in [0.15, 0.2) is 211 Å². The van der Waals surface area contributed by atoms with Gasteiger partial charge in [-0.2, -0.15) is 0 Å². The van der Waals surface area contributed by atoms with E-state index in [-0.39, 0.29) is 0 Å². The lowest BCUT2D eigenvalue weighted by Crippen LogP contribution is -2.11. The number of anilines is 3. The zero-order chi connectivity index (χ0) is 37.0. The Morgan fingerprint density at radius 2 is 0.946 bits per heavy atom. The second-order valence-corrected chi connectivity index (χ2v) is 14.4. The summed E-state index contributed by atoms with van der Waals surface area (Å²) in [6.07, 6.45) is 0. The Balaban J connectivity index is 1.15. The molecule has 0 saturated carbocycles. The van der Waals surface area contributed by atoms with E-state index in [1.54, 1.807) is 0 Å². The standard InChI is InChI=1S/C53H34N2O/c1-2-15-37(16-3-1)53-54-50-30-27-40-33-43(28-29-49(40)52(50)56-53)55(42-21-10-20-39(32-42)46-25-11-18-35-13-4-7-22-44(35)46)51-34-41(31-38-17-6-9-24-48(38)51)47-26-12-19-36-14-5-8-23-45(36)47/h1-34H. The second kappa shape index (κ2) is 13.1. The van der Waals surface area contributed by atoms with E-state index in [0.29, 0.717) is 5.89 Å². The van der Waals surface area contributed by atoms with Crippen molar-refractivity contribution in [1.29, 1.82) is 0 Å². The van der Waals surface area contributed by atoms with E-state index in [1.165, 1.54) is 49.0 Å². The van der Waals surface area contributed by atoms with Gasteiger partial charge in [-0.05, 0) is 115 Å². The summed E-state index contributed by atoms with van der Waals surface area (Å²) in [5.74, 6) is 0.626. The summed E-state index contributed by atoms with van der Waals surface area (Å²) >= 11 is 0. The van der Waals surface area contributed by atoms with Gasteiger partial charge in [-0.3, -0.25) is 0 Å². The number of hydrogen-bond acceptors (Lipinski definition) is 3. The first-order valence-corrected chi connectivity index (χ1v) is 19.0. The fourth-order valence-corrected chi connectivity index (χ4v) is 8.37. The lowest BCUT2D eigenvalue weighted by molar-refractivity contribution is 0.623. The molecule has 0 spiro atoms. The van der Waals surface area contributed by atoms with Crippen molar-refractivity contribution in [2.45, 2.75) is 0 Å². The molecular weight excluding hydrogens is 681 g/mol. The normalized spacial score (nSPS) is 11.6. The minimum atomic E-state index is 0.626. The molecule has 0 aliphatic heterocycles. The van der Waals surface area contributed by atoms with Crippen molar-refractivity contribution in [1.82, 2.24) is 4.98 Å². The van der Waals surface area contributed by atoms with Crippen LogP contribution in [0, 0.1) is 0 Å². The highest BCUT2D eigenvalue weighted by Crippen LogP contribution is 2.45. The highest BCUT2D eigenvalue weighted by atomic mass is 16.3. The summed E-state index contributed by atoms with van der Waals surface area (Å²) in [7, 11) is 0. The highest BCUT2D eigenvalue weighted by molar-refractivity contribution is 6.08. The van der Waals surface area contributed by atoms with E-state index in [0.717, 1.165) is 50.1 Å². The van der Waals surface area contributed by atoms with Gasteiger partial charge in [0.15, 0.2) is 5.58 Å². The Kier molecular flexibility index (Phi) is 7.49. The number of benzene rings is 10. The minimum absolute atomic E-state index is 0.626. The van der Waals surface area contributed by atoms with E-state index < -0.39 is 0 Å². The van der Waals surface area contributed by atoms with Crippen LogP contribution in [0.1, 0.15) is 0 Å². The van der Waals surface area contributed by atoms with Crippen molar-refractivity contribution >= 4 is 71.3 Å². The Morgan fingerprint density at radius 3 is 1.71 bits per heavy atom. The SMILES string of the molecule is c1ccc(-c2nc3ccc4cc(N(c5cccc(-c6cccc7ccccc67)c5)c5cc(-c6cccc7ccccc67)cc6ccccc56)ccc4c3o2)cc1. The molecule has 0 saturated heterocycles. The smallest absolute Gasteiger partial charge is 0.227 e. The van der Waals surface area contributed by atoms with E-state index in [1.807, 2.05) is 30.3 Å². The van der Waals surface area contributed by atoms with Gasteiger partial charge in [-0.25, -0.2) is 4.98 Å². The molecule has 1 aromatic heterocycles. The number of rotatable bonds is 6. The molecule has 3 heteroatoms. The molecular formula is C53H34N2O. The molecule has 0 unspecified atom stereocenters. The van der Waals surface area contributed by atoms with Crippen molar-refractivity contribution in [2.75, 3.05) is 4.90 Å². The highest BCUT2D eigenvalue weighted by Gasteiger charge is 2.20. The first-order valence-electron chi connectivity index (χ1n) is 19.0. The van der Waals surface area contributed by atoms with Crippen LogP contribution in [0.3, 0.4) is 0 Å². The molecule has 262 valence electrons. The molecule has 0 aliphatic carbocycles. The summed E-state index contributed by atoms with van der Waals surface area (Å²) in [5.41, 5.74) is 10.6. The number of aromatic nitrogens is 1. The average Bonchev–Trinajstić information content (AvgIpc) is 3.72. The van der Waals surface area contributed by atoms with Crippen molar-refractivity contribution in [3.05, 3.63) is 206 Å². The van der Waals surface area contributed by atoms with Gasteiger partial charge in [0.2, 0.25) is 5.89 Å². The summed E-state index contributed by atoms with van der Waals surface area (Å²) in [4.78, 5) is 7.28. The number of nitrogens with zero attached hydrogens (tertiary/aromatic N) is 2. The molecule has 11 rings (SSSR count). The van der Waals surface area contributed by atoms with E-state index in [2.05, 4.69) is 181 Å². The molecule has 3 nitrogen and oxygen atoms in total. The van der Waals surface area contributed by atoms with Crippen LogP contribution in [0.5, 0.6) is 0 Å². The number of fused-ring (bicyclic) bond motifs is 6. The second-order valence-electron chi connectivity index (χ2n) is 14.4. The fraction of sp³-hybridized carbons (Fsp3) is 0. The molecule has 0 amide bonds. The van der Waals surface area contributed by atoms with Crippen molar-refractivity contribution < 1.29 is 4.42 Å². The molecule has 0 N–H and O–H groups in total. The van der Waals surface area contributed by atoms with Crippen LogP contribution >= 0.6 is 0 Å². The maximum absolute atomic E-state index is 6.47. The van der Waals surface area contributed by atoms with Gasteiger partial charge in [0, 0.05) is 27.7 Å². The molecule has 0 radical (unpaired) electrons. The zero-order valence-corrected chi connectivity index (χ0v) is 30.4. The van der Waals surface area contributed by atoms with Crippen LogP contribution in [-0.4, -0.2) is 4.98 Å². The Hall–Kier alpha value is -7.49. The third kappa shape index (κ3) is 5.40. The maximum Gasteiger partial charge on any atom is 0.227 e. The largest absolute Gasteiger partial charge is 0.435 e. The molecule has 0 atom stereocenters. The Bertz CT molecular complexity index is 3260. The van der Waals surface area contributed by atoms with Crippen LogP contribution < -0.4 is 4.90 Å². The van der Waals surface area contributed by atoms with Gasteiger partial charge in [-0.1, -0.05) is 146 Å². The van der Waals surface area contributed by atoms with E-state index in [9.17, 15) is 0 Å². The third-order valence-electron chi connectivity index (χ3n) is 11.0. The molecule has 0 fully saturated rings. The van der Waals surface area contributed by atoms with Crippen LogP contribution in [0.4, 0.5) is 17.1 Å². The molecule has 0 bridgehead atoms. The molecule has 11 aromatic rings. The molecule has 10 aromatic carbocycles. The lowest BCUT2D eigenvalue weighted by Gasteiger charge is -2.28. The van der Waals surface area contributed by atoms with Crippen molar-refractivity contribution in [3.63, 3.8) is 0 Å². The van der Waals surface area contributed by atoms with Gasteiger partial charge in [0.1, 0.15) is 5.52 Å². The average molecular weight is 715 g/mol. The topological polar surface area (TPSA) is 29.3 Å². The minimum Gasteiger partial charge on any atom is -0.435 e. The zero-order valence-electron chi connectivity index (χ0n) is 30.4. The fourth-order valence-electron chi connectivity index (χ4n) is 8.37. The summed E-state index contributed by atoms with van der Waals surface area (Å²) in [5, 5.41) is 9.38. The number of hydrogen-bond donors (Lipinski definition) is 0. The Morgan fingerprint density at radius 1 is 0.357 bits per heavy atom. The first-order chi connectivity index (χ1) is 27.7. The first kappa shape index (κ1) is 32.0. The Labute approximate surface area is 324 Å². The maximum atomic E-state index is 6.47. The van der Waals surface area contributed by atoms with Gasteiger partial charge in [0.25, 0.3) is 0 Å². The van der Waals surface area contributed by atoms with E-state index >= 15 is 0 Å². The monoisotopic (exact) mass is 714 g/mol. The van der Waals surface area contributed by atoms with Gasteiger partial charge in [-0.15, -0.1) is 0 Å². The van der Waals surface area contributed by atoms with Gasteiger partial charge < -0.3 is 9.32 Å². The predicted molar refractivity (Wildman–Crippen MR) is 235 cm³/mol. The summed E-state index contributed by atoms with van der Waals surface area (Å²) in [6, 6.07) is 73.8. The van der Waals surface area contributed by atoms with E-state index in [4.69, 9.17) is 9.40 Å². The lowest BCUT2D eigenvalue weighted by atomic mass is 9.94. The van der Waals surface area contributed by atoms with Gasteiger partial charge >= 0.3 is 0 Å². The van der Waals surface area contributed by atoms with Crippen molar-refractivity contribution in [3.8, 4) is 33.7 Å². The molecule has 0 aliphatic rings. The van der Waals surface area contributed by atoms with Crippen LogP contribution in [-0.2, 0) is 0 Å². The quantitative estimate of drug-likeness (QED) is 0.172. The number of oxazole rings is 1. The van der Waals surface area contributed by atoms with Crippen LogP contribution in [0.25, 0.3) is 87.9 Å². The summed E-state index contributed by atoms with van der Waals surface area (Å²) < 4.78 is 6.47.